The van der Waals surface area contributed by atoms with Gasteiger partial charge in [-0.05, 0) is 13.5 Å². The number of nitrogens with two attached hydrogens (primary N) is 1. The fraction of sp³-hybridized carbons (Fsp3) is 1.00. The van der Waals surface area contributed by atoms with Crippen molar-refractivity contribution >= 4 is 0 Å². The fourth-order valence-corrected chi connectivity index (χ4v) is 1.19. The summed E-state index contributed by atoms with van der Waals surface area (Å²) in [5, 5.41) is 11.6. The third kappa shape index (κ3) is 1.46. The first kappa shape index (κ1) is 7.94. The van der Waals surface area contributed by atoms with Crippen molar-refractivity contribution < 1.29 is 9.84 Å². The van der Waals surface area contributed by atoms with E-state index in [1.807, 2.05) is 0 Å². The van der Waals surface area contributed by atoms with Gasteiger partial charge < -0.3 is 15.6 Å². The predicted octanol–water partition coefficient (Wildman–Crippen LogP) is -1.36. The van der Waals surface area contributed by atoms with Crippen LogP contribution in [0.4, 0.5) is 0 Å². The van der Waals surface area contributed by atoms with E-state index in [4.69, 9.17) is 15.6 Å². The molecule has 1 aliphatic heterocycles. The number of likely N-dealkylation sites (N-methyl/N-ethyl adjacent to an activating group) is 1. The molecule has 4 heteroatoms. The lowest BCUT2D eigenvalue weighted by atomic mass is 10.2. The zero-order valence-corrected chi connectivity index (χ0v) is 6.08. The molecule has 4 N–H and O–H groups in total. The number of ether oxygens (including phenoxy) is 1. The Balaban J connectivity index is 2.36. The second kappa shape index (κ2) is 3.30. The third-order valence-corrected chi connectivity index (χ3v) is 1.75. The molecule has 0 bridgehead atoms. The van der Waals surface area contributed by atoms with Gasteiger partial charge in [-0.1, -0.05) is 0 Å². The molecule has 60 valence electrons. The molecule has 0 aliphatic carbocycles. The van der Waals surface area contributed by atoms with Crippen LogP contribution in [-0.4, -0.2) is 37.1 Å². The molecule has 0 spiro atoms. The third-order valence-electron chi connectivity index (χ3n) is 1.75. The van der Waals surface area contributed by atoms with E-state index in [-0.39, 0.29) is 25.0 Å². The van der Waals surface area contributed by atoms with Gasteiger partial charge in [-0.15, -0.1) is 0 Å². The number of aliphatic hydroxyl groups is 1. The van der Waals surface area contributed by atoms with E-state index in [1.54, 1.807) is 7.05 Å². The van der Waals surface area contributed by atoms with E-state index < -0.39 is 0 Å². The van der Waals surface area contributed by atoms with Crippen molar-refractivity contribution in [1.29, 1.82) is 0 Å². The van der Waals surface area contributed by atoms with Gasteiger partial charge in [0.25, 0.3) is 0 Å². The first-order valence-corrected chi connectivity index (χ1v) is 3.47. The highest BCUT2D eigenvalue weighted by atomic mass is 16.5. The molecule has 0 saturated carbocycles. The highest BCUT2D eigenvalue weighted by Gasteiger charge is 2.30. The van der Waals surface area contributed by atoms with Crippen molar-refractivity contribution in [3.63, 3.8) is 0 Å². The van der Waals surface area contributed by atoms with Crippen molar-refractivity contribution in [1.82, 2.24) is 5.32 Å². The van der Waals surface area contributed by atoms with Gasteiger partial charge in [0.2, 0.25) is 0 Å². The minimum atomic E-state index is -0.0860. The topological polar surface area (TPSA) is 67.5 Å². The standard InChI is InChI=1S/C6H14N2O2/c1-8-6-5(7)2-4(3-9)10-6/h4-6,8-9H,2-3,7H2,1H3. The smallest absolute Gasteiger partial charge is 0.123 e. The van der Waals surface area contributed by atoms with Crippen LogP contribution in [0.15, 0.2) is 0 Å². The van der Waals surface area contributed by atoms with Crippen LogP contribution in [0.2, 0.25) is 0 Å². The molecule has 0 aromatic carbocycles. The Morgan fingerprint density at radius 3 is 2.80 bits per heavy atom. The van der Waals surface area contributed by atoms with E-state index in [2.05, 4.69) is 5.32 Å². The number of nitrogens with one attached hydrogen (secondary N) is 1. The van der Waals surface area contributed by atoms with E-state index in [1.165, 1.54) is 0 Å². The zero-order chi connectivity index (χ0) is 7.56. The van der Waals surface area contributed by atoms with Crippen LogP contribution in [-0.2, 0) is 4.74 Å². The molecule has 3 unspecified atom stereocenters. The Morgan fingerprint density at radius 1 is 1.80 bits per heavy atom. The van der Waals surface area contributed by atoms with Crippen LogP contribution in [0, 0.1) is 0 Å². The first-order valence-electron chi connectivity index (χ1n) is 3.47. The second-order valence-electron chi connectivity index (χ2n) is 2.55. The van der Waals surface area contributed by atoms with Gasteiger partial charge in [-0.25, -0.2) is 0 Å². The number of hydrogen-bond donors (Lipinski definition) is 3. The van der Waals surface area contributed by atoms with Crippen molar-refractivity contribution in [2.24, 2.45) is 5.73 Å². The normalized spacial score (nSPS) is 40.5. The molecule has 1 heterocycles. The Kier molecular flexibility index (Phi) is 2.62. The average Bonchev–Trinajstić information content (AvgIpc) is 2.30. The van der Waals surface area contributed by atoms with Crippen molar-refractivity contribution in [3.05, 3.63) is 0 Å². The summed E-state index contributed by atoms with van der Waals surface area (Å²) in [6, 6.07) is 0.0159. The summed E-state index contributed by atoms with van der Waals surface area (Å²) in [7, 11) is 1.80. The van der Waals surface area contributed by atoms with Crippen LogP contribution in [0.1, 0.15) is 6.42 Å². The molecule has 0 aromatic heterocycles. The van der Waals surface area contributed by atoms with Crippen LogP contribution in [0.25, 0.3) is 0 Å². The van der Waals surface area contributed by atoms with Crippen LogP contribution in [0.5, 0.6) is 0 Å². The molecule has 1 aliphatic rings. The average molecular weight is 146 g/mol. The largest absolute Gasteiger partial charge is 0.394 e. The lowest BCUT2D eigenvalue weighted by Gasteiger charge is -2.12. The molecule has 1 rings (SSSR count). The second-order valence-corrected chi connectivity index (χ2v) is 2.55. The van der Waals surface area contributed by atoms with Gasteiger partial charge in [0.05, 0.1) is 12.7 Å². The van der Waals surface area contributed by atoms with Crippen LogP contribution in [0.3, 0.4) is 0 Å². The predicted molar refractivity (Wildman–Crippen MR) is 37.4 cm³/mol. The minimum Gasteiger partial charge on any atom is -0.394 e. The lowest BCUT2D eigenvalue weighted by molar-refractivity contribution is -0.00184. The SMILES string of the molecule is CNC1OC(CO)CC1N. The molecule has 0 aromatic rings. The highest BCUT2D eigenvalue weighted by Crippen LogP contribution is 2.15. The summed E-state index contributed by atoms with van der Waals surface area (Å²) in [5.74, 6) is 0. The van der Waals surface area contributed by atoms with Crippen LogP contribution < -0.4 is 11.1 Å². The number of rotatable bonds is 2. The number of hydrogen-bond acceptors (Lipinski definition) is 4. The Hall–Kier alpha value is -0.160. The van der Waals surface area contributed by atoms with E-state index in [9.17, 15) is 0 Å². The molecule has 3 atom stereocenters. The van der Waals surface area contributed by atoms with Gasteiger partial charge in [0.15, 0.2) is 0 Å². The zero-order valence-electron chi connectivity index (χ0n) is 6.08. The molecular weight excluding hydrogens is 132 g/mol. The molecular formula is C6H14N2O2. The summed E-state index contributed by atoms with van der Waals surface area (Å²) in [5.41, 5.74) is 5.66. The van der Waals surface area contributed by atoms with E-state index in [0.717, 1.165) is 6.42 Å². The Bertz CT molecular complexity index is 110. The molecule has 1 fully saturated rings. The summed E-state index contributed by atoms with van der Waals surface area (Å²) in [6.07, 6.45) is 0.576. The monoisotopic (exact) mass is 146 g/mol. The Morgan fingerprint density at radius 2 is 2.50 bits per heavy atom. The molecule has 10 heavy (non-hydrogen) atoms. The first-order chi connectivity index (χ1) is 4.77. The van der Waals surface area contributed by atoms with Gasteiger partial charge >= 0.3 is 0 Å². The highest BCUT2D eigenvalue weighted by molar-refractivity contribution is 4.82. The summed E-state index contributed by atoms with van der Waals surface area (Å²) in [4.78, 5) is 0. The summed E-state index contributed by atoms with van der Waals surface area (Å²) < 4.78 is 5.29. The van der Waals surface area contributed by atoms with Crippen molar-refractivity contribution in [2.45, 2.75) is 24.8 Å². The number of aliphatic hydroxyl groups excluding tert-OH is 1. The van der Waals surface area contributed by atoms with Gasteiger partial charge in [-0.3, -0.25) is 5.32 Å². The minimum absolute atomic E-state index is 0.0159. The molecule has 4 nitrogen and oxygen atoms in total. The lowest BCUT2D eigenvalue weighted by Crippen LogP contribution is -2.39. The van der Waals surface area contributed by atoms with Gasteiger partial charge in [-0.2, -0.15) is 0 Å². The van der Waals surface area contributed by atoms with Crippen LogP contribution >= 0.6 is 0 Å². The quantitative estimate of drug-likeness (QED) is 0.450. The maximum Gasteiger partial charge on any atom is 0.123 e. The molecule has 0 radical (unpaired) electrons. The maximum atomic E-state index is 8.69. The Labute approximate surface area is 60.4 Å². The molecule has 0 amide bonds. The maximum absolute atomic E-state index is 8.69. The van der Waals surface area contributed by atoms with Gasteiger partial charge in [0.1, 0.15) is 6.23 Å². The van der Waals surface area contributed by atoms with Crippen molar-refractivity contribution in [3.8, 4) is 0 Å². The van der Waals surface area contributed by atoms with E-state index in [0.29, 0.717) is 0 Å². The summed E-state index contributed by atoms with van der Waals surface area (Å²) >= 11 is 0. The fourth-order valence-electron chi connectivity index (χ4n) is 1.19. The van der Waals surface area contributed by atoms with Gasteiger partial charge in [0, 0.05) is 6.04 Å². The summed E-state index contributed by atoms with van der Waals surface area (Å²) in [6.45, 7) is 0.0614. The molecule has 1 saturated heterocycles. The van der Waals surface area contributed by atoms with Crippen molar-refractivity contribution in [2.75, 3.05) is 13.7 Å². The van der Waals surface area contributed by atoms with E-state index >= 15 is 0 Å².